The number of rotatable bonds is 6. The van der Waals surface area contributed by atoms with E-state index in [4.69, 9.17) is 4.74 Å². The number of nitrogens with zero attached hydrogens (tertiary/aromatic N) is 1. The standard InChI is InChI=1S/C25H29N3O/c1-29-21-8-9-24-22(16-21)20(17-26-24)6-4-12-28-13-10-18(11-14-28)25-15-19-5-2-3-7-23(19)27-25/h2-3,5,7-9,15-18,26-27H,4,6,10-14H2,1H3. The van der Waals surface area contributed by atoms with Crippen molar-refractivity contribution in [2.45, 2.75) is 31.6 Å². The molecule has 4 heteroatoms. The van der Waals surface area contributed by atoms with E-state index >= 15 is 0 Å². The molecule has 1 aliphatic rings. The molecule has 5 rings (SSSR count). The van der Waals surface area contributed by atoms with E-state index in [1.807, 2.05) is 6.07 Å². The Morgan fingerprint density at radius 3 is 2.72 bits per heavy atom. The molecule has 0 unspecified atom stereocenters. The fraction of sp³-hybridized carbons (Fsp3) is 0.360. The van der Waals surface area contributed by atoms with Crippen LogP contribution in [-0.4, -0.2) is 41.6 Å². The van der Waals surface area contributed by atoms with E-state index in [1.54, 1.807) is 7.11 Å². The van der Waals surface area contributed by atoms with Crippen LogP contribution in [-0.2, 0) is 6.42 Å². The Morgan fingerprint density at radius 1 is 1.03 bits per heavy atom. The first-order valence-corrected chi connectivity index (χ1v) is 10.7. The first-order valence-electron chi connectivity index (χ1n) is 10.7. The van der Waals surface area contributed by atoms with Gasteiger partial charge in [-0.25, -0.2) is 0 Å². The van der Waals surface area contributed by atoms with E-state index in [2.05, 4.69) is 63.5 Å². The molecule has 1 aliphatic heterocycles. The Labute approximate surface area is 171 Å². The molecule has 0 amide bonds. The number of aromatic nitrogens is 2. The van der Waals surface area contributed by atoms with Gasteiger partial charge in [0.05, 0.1) is 7.11 Å². The molecule has 0 bridgehead atoms. The average Bonchev–Trinajstić information content (AvgIpc) is 3.38. The van der Waals surface area contributed by atoms with Crippen LogP contribution in [0.4, 0.5) is 0 Å². The van der Waals surface area contributed by atoms with E-state index < -0.39 is 0 Å². The molecule has 4 nitrogen and oxygen atoms in total. The number of H-pyrrole nitrogens is 2. The summed E-state index contributed by atoms with van der Waals surface area (Å²) in [5.41, 5.74) is 5.27. The molecular formula is C25H29N3O. The number of methoxy groups -OCH3 is 1. The number of nitrogens with one attached hydrogen (secondary N) is 2. The summed E-state index contributed by atoms with van der Waals surface area (Å²) in [6, 6.07) is 17.2. The Kier molecular flexibility index (Phi) is 5.03. The molecule has 0 saturated carbocycles. The van der Waals surface area contributed by atoms with Gasteiger partial charge >= 0.3 is 0 Å². The van der Waals surface area contributed by atoms with Gasteiger partial charge in [-0.15, -0.1) is 0 Å². The van der Waals surface area contributed by atoms with Crippen LogP contribution in [0.3, 0.4) is 0 Å². The molecule has 0 aliphatic carbocycles. The Bertz CT molecular complexity index is 1070. The van der Waals surface area contributed by atoms with Gasteiger partial charge in [0.25, 0.3) is 0 Å². The van der Waals surface area contributed by atoms with Crippen molar-refractivity contribution >= 4 is 21.8 Å². The number of aryl methyl sites for hydroxylation is 1. The van der Waals surface area contributed by atoms with Gasteiger partial charge in [0.2, 0.25) is 0 Å². The summed E-state index contributed by atoms with van der Waals surface area (Å²) in [7, 11) is 1.73. The number of aromatic amines is 2. The van der Waals surface area contributed by atoms with Crippen molar-refractivity contribution in [1.29, 1.82) is 0 Å². The molecule has 1 saturated heterocycles. The summed E-state index contributed by atoms with van der Waals surface area (Å²) in [4.78, 5) is 9.66. The highest BCUT2D eigenvalue weighted by atomic mass is 16.5. The summed E-state index contributed by atoms with van der Waals surface area (Å²) in [6.45, 7) is 3.57. The van der Waals surface area contributed by atoms with Crippen LogP contribution in [0.15, 0.2) is 54.7 Å². The zero-order chi connectivity index (χ0) is 19.6. The van der Waals surface area contributed by atoms with Gasteiger partial charge in [-0.2, -0.15) is 0 Å². The predicted molar refractivity (Wildman–Crippen MR) is 120 cm³/mol. The van der Waals surface area contributed by atoms with E-state index in [0.29, 0.717) is 5.92 Å². The highest BCUT2D eigenvalue weighted by Gasteiger charge is 2.21. The molecule has 0 atom stereocenters. The van der Waals surface area contributed by atoms with Crippen LogP contribution >= 0.6 is 0 Å². The van der Waals surface area contributed by atoms with Crippen molar-refractivity contribution < 1.29 is 4.74 Å². The molecule has 3 heterocycles. The SMILES string of the molecule is COc1ccc2[nH]cc(CCCN3CCC(c4cc5ccccc5[nH]4)CC3)c2c1. The minimum atomic E-state index is 0.666. The molecule has 1 fully saturated rings. The lowest BCUT2D eigenvalue weighted by molar-refractivity contribution is 0.209. The maximum atomic E-state index is 5.39. The monoisotopic (exact) mass is 387 g/mol. The van der Waals surface area contributed by atoms with Crippen LogP contribution in [0, 0.1) is 0 Å². The zero-order valence-electron chi connectivity index (χ0n) is 17.1. The van der Waals surface area contributed by atoms with E-state index in [0.717, 1.165) is 12.2 Å². The quantitative estimate of drug-likeness (QED) is 0.461. The molecule has 2 aromatic carbocycles. The third-order valence-electron chi connectivity index (χ3n) is 6.47. The van der Waals surface area contributed by atoms with Crippen molar-refractivity contribution in [3.63, 3.8) is 0 Å². The number of hydrogen-bond donors (Lipinski definition) is 2. The number of fused-ring (bicyclic) bond motifs is 2. The number of ether oxygens (including phenoxy) is 1. The number of likely N-dealkylation sites (tertiary alicyclic amines) is 1. The smallest absolute Gasteiger partial charge is 0.119 e. The van der Waals surface area contributed by atoms with Crippen molar-refractivity contribution in [3.8, 4) is 5.75 Å². The van der Waals surface area contributed by atoms with Crippen LogP contribution in [0.5, 0.6) is 5.75 Å². The third-order valence-corrected chi connectivity index (χ3v) is 6.47. The van der Waals surface area contributed by atoms with Gasteiger partial charge in [0, 0.05) is 34.2 Å². The molecule has 0 radical (unpaired) electrons. The second-order valence-corrected chi connectivity index (χ2v) is 8.26. The van der Waals surface area contributed by atoms with E-state index in [-0.39, 0.29) is 0 Å². The Hall–Kier alpha value is -2.72. The first-order chi connectivity index (χ1) is 14.3. The summed E-state index contributed by atoms with van der Waals surface area (Å²) >= 11 is 0. The molecule has 0 spiro atoms. The summed E-state index contributed by atoms with van der Waals surface area (Å²) in [5, 5.41) is 2.63. The molecule has 150 valence electrons. The predicted octanol–water partition coefficient (Wildman–Crippen LogP) is 5.47. The summed E-state index contributed by atoms with van der Waals surface area (Å²) in [5.74, 6) is 1.59. The lowest BCUT2D eigenvalue weighted by atomic mass is 9.93. The second-order valence-electron chi connectivity index (χ2n) is 8.26. The molecule has 29 heavy (non-hydrogen) atoms. The molecule has 2 aromatic heterocycles. The number of hydrogen-bond acceptors (Lipinski definition) is 2. The minimum Gasteiger partial charge on any atom is -0.497 e. The van der Waals surface area contributed by atoms with Crippen molar-refractivity contribution in [3.05, 3.63) is 66.0 Å². The maximum absolute atomic E-state index is 5.39. The second kappa shape index (κ2) is 7.96. The highest BCUT2D eigenvalue weighted by Crippen LogP contribution is 2.30. The van der Waals surface area contributed by atoms with Crippen molar-refractivity contribution in [1.82, 2.24) is 14.9 Å². The number of benzene rings is 2. The van der Waals surface area contributed by atoms with Crippen molar-refractivity contribution in [2.75, 3.05) is 26.7 Å². The van der Waals surface area contributed by atoms with Gasteiger partial charge < -0.3 is 19.6 Å². The highest BCUT2D eigenvalue weighted by molar-refractivity contribution is 5.84. The van der Waals surface area contributed by atoms with Crippen LogP contribution in [0.2, 0.25) is 0 Å². The lowest BCUT2D eigenvalue weighted by Crippen LogP contribution is -2.33. The number of piperidine rings is 1. The number of para-hydroxylation sites is 1. The first kappa shape index (κ1) is 18.3. The van der Waals surface area contributed by atoms with E-state index in [1.165, 1.54) is 72.0 Å². The normalized spacial score (nSPS) is 16.0. The van der Waals surface area contributed by atoms with Crippen molar-refractivity contribution in [2.24, 2.45) is 0 Å². The topological polar surface area (TPSA) is 44.0 Å². The summed E-state index contributed by atoms with van der Waals surface area (Å²) in [6.07, 6.45) is 6.96. The van der Waals surface area contributed by atoms with Crippen LogP contribution in [0.1, 0.15) is 36.4 Å². The van der Waals surface area contributed by atoms with E-state index in [9.17, 15) is 0 Å². The van der Waals surface area contributed by atoms with Gasteiger partial charge in [-0.1, -0.05) is 18.2 Å². The molecule has 2 N–H and O–H groups in total. The van der Waals surface area contributed by atoms with Gasteiger partial charge in [0.1, 0.15) is 5.75 Å². The molecular weight excluding hydrogens is 358 g/mol. The molecule has 4 aromatic rings. The fourth-order valence-electron chi connectivity index (χ4n) is 4.77. The third kappa shape index (κ3) is 3.77. The lowest BCUT2D eigenvalue weighted by Gasteiger charge is -2.31. The maximum Gasteiger partial charge on any atom is 0.119 e. The average molecular weight is 388 g/mol. The van der Waals surface area contributed by atoms with Gasteiger partial charge in [0.15, 0.2) is 0 Å². The van der Waals surface area contributed by atoms with Gasteiger partial charge in [-0.05, 0) is 86.6 Å². The zero-order valence-corrected chi connectivity index (χ0v) is 17.1. The van der Waals surface area contributed by atoms with Crippen LogP contribution in [0.25, 0.3) is 21.8 Å². The van der Waals surface area contributed by atoms with Crippen LogP contribution < -0.4 is 4.74 Å². The summed E-state index contributed by atoms with van der Waals surface area (Å²) < 4.78 is 5.39. The largest absolute Gasteiger partial charge is 0.497 e. The minimum absolute atomic E-state index is 0.666. The van der Waals surface area contributed by atoms with Gasteiger partial charge in [-0.3, -0.25) is 0 Å². The fourth-order valence-corrected chi connectivity index (χ4v) is 4.77. The Balaban J connectivity index is 1.14. The Morgan fingerprint density at radius 2 is 1.90 bits per heavy atom.